The van der Waals surface area contributed by atoms with Gasteiger partial charge in [-0.1, -0.05) is 6.07 Å². The topological polar surface area (TPSA) is 63.7 Å². The summed E-state index contributed by atoms with van der Waals surface area (Å²) in [7, 11) is 3.20. The maximum atomic E-state index is 12.6. The number of hydrogen-bond acceptors (Lipinski definition) is 6. The second-order valence-electron chi connectivity index (χ2n) is 6.38. The van der Waals surface area contributed by atoms with Crippen LogP contribution in [0.3, 0.4) is 0 Å². The van der Waals surface area contributed by atoms with Crippen molar-refractivity contribution < 1.29 is 14.3 Å². The highest BCUT2D eigenvalue weighted by Crippen LogP contribution is 2.27. The number of amides is 1. The molecule has 2 aromatic rings. The summed E-state index contributed by atoms with van der Waals surface area (Å²) in [5.41, 5.74) is 1.75. The molecule has 1 amide bonds. The average molecular weight is 375 g/mol. The van der Waals surface area contributed by atoms with Crippen LogP contribution in [0.4, 0.5) is 0 Å². The molecule has 1 aliphatic rings. The van der Waals surface area contributed by atoms with Crippen LogP contribution >= 0.6 is 11.3 Å². The number of nitrogens with one attached hydrogen (secondary N) is 1. The summed E-state index contributed by atoms with van der Waals surface area (Å²) in [5, 5.41) is 3.99. The molecule has 1 aliphatic heterocycles. The third kappa shape index (κ3) is 4.34. The van der Waals surface area contributed by atoms with Crippen molar-refractivity contribution in [1.29, 1.82) is 0 Å². The Morgan fingerprint density at radius 1 is 1.23 bits per heavy atom. The van der Waals surface area contributed by atoms with Gasteiger partial charge in [-0.25, -0.2) is 4.98 Å². The predicted molar refractivity (Wildman–Crippen MR) is 102 cm³/mol. The van der Waals surface area contributed by atoms with Gasteiger partial charge in [-0.2, -0.15) is 0 Å². The first-order valence-electron chi connectivity index (χ1n) is 8.78. The van der Waals surface area contributed by atoms with Gasteiger partial charge in [-0.05, 0) is 50.6 Å². The minimum atomic E-state index is -0.0811. The highest BCUT2D eigenvalue weighted by Gasteiger charge is 2.18. The molecule has 0 unspecified atom stereocenters. The van der Waals surface area contributed by atoms with Crippen LogP contribution in [-0.4, -0.2) is 43.1 Å². The Balaban J connectivity index is 1.62. The van der Waals surface area contributed by atoms with Gasteiger partial charge in [-0.15, -0.1) is 11.3 Å². The fraction of sp³-hybridized carbons (Fsp3) is 0.474. The summed E-state index contributed by atoms with van der Waals surface area (Å²) < 4.78 is 10.5. The van der Waals surface area contributed by atoms with Gasteiger partial charge in [0, 0.05) is 6.54 Å². The Kier molecular flexibility index (Phi) is 6.11. The molecular weight excluding hydrogens is 350 g/mol. The molecule has 0 spiro atoms. The van der Waals surface area contributed by atoms with Gasteiger partial charge < -0.3 is 14.8 Å². The summed E-state index contributed by atoms with van der Waals surface area (Å²) in [6.07, 6.45) is 2.51. The van der Waals surface area contributed by atoms with Gasteiger partial charge in [0.15, 0.2) is 11.5 Å². The number of thiazole rings is 1. The Hall–Kier alpha value is -2.12. The monoisotopic (exact) mass is 375 g/mol. The van der Waals surface area contributed by atoms with E-state index in [-0.39, 0.29) is 5.91 Å². The number of carbonyl (C=O) groups is 1. The number of hydrogen-bond donors (Lipinski definition) is 1. The molecule has 0 saturated carbocycles. The molecule has 0 atom stereocenters. The molecule has 2 heterocycles. The summed E-state index contributed by atoms with van der Waals surface area (Å²) in [5.74, 6) is 1.25. The molecule has 26 heavy (non-hydrogen) atoms. The van der Waals surface area contributed by atoms with E-state index in [1.165, 1.54) is 24.2 Å². The molecule has 1 aromatic heterocycles. The summed E-state index contributed by atoms with van der Waals surface area (Å²) >= 11 is 1.49. The standard InChI is InChI=1S/C19H25N3O3S/c1-13-18(26-17(21-13)12-22-8-4-5-9-22)19(23)20-11-14-6-7-15(24-2)16(10-14)25-3/h6-7,10H,4-5,8-9,11-12H2,1-3H3,(H,20,23). The van der Waals surface area contributed by atoms with Crippen molar-refractivity contribution in [2.24, 2.45) is 0 Å². The van der Waals surface area contributed by atoms with Crippen molar-refractivity contribution in [3.63, 3.8) is 0 Å². The molecular formula is C19H25N3O3S. The van der Waals surface area contributed by atoms with Gasteiger partial charge in [-0.3, -0.25) is 9.69 Å². The fourth-order valence-electron chi connectivity index (χ4n) is 3.12. The van der Waals surface area contributed by atoms with Gasteiger partial charge in [0.2, 0.25) is 0 Å². The van der Waals surface area contributed by atoms with E-state index in [4.69, 9.17) is 9.47 Å². The lowest BCUT2D eigenvalue weighted by molar-refractivity contribution is 0.0954. The molecule has 6 nitrogen and oxygen atoms in total. The van der Waals surface area contributed by atoms with E-state index in [1.54, 1.807) is 14.2 Å². The van der Waals surface area contributed by atoms with E-state index in [0.29, 0.717) is 22.9 Å². The van der Waals surface area contributed by atoms with Crippen LogP contribution in [0.5, 0.6) is 11.5 Å². The van der Waals surface area contributed by atoms with E-state index < -0.39 is 0 Å². The third-order valence-electron chi connectivity index (χ3n) is 4.51. The number of aryl methyl sites for hydroxylation is 1. The average Bonchev–Trinajstić information content (AvgIpc) is 3.29. The molecule has 0 aliphatic carbocycles. The largest absolute Gasteiger partial charge is 0.493 e. The van der Waals surface area contributed by atoms with Gasteiger partial charge in [0.25, 0.3) is 5.91 Å². The zero-order valence-corrected chi connectivity index (χ0v) is 16.3. The second kappa shape index (κ2) is 8.51. The number of benzene rings is 1. The molecule has 1 saturated heterocycles. The van der Waals surface area contributed by atoms with E-state index >= 15 is 0 Å². The van der Waals surface area contributed by atoms with E-state index in [0.717, 1.165) is 35.9 Å². The van der Waals surface area contributed by atoms with Crippen LogP contribution in [0.1, 0.15) is 38.8 Å². The normalized spacial score (nSPS) is 14.4. The van der Waals surface area contributed by atoms with Crippen molar-refractivity contribution in [3.8, 4) is 11.5 Å². The Bertz CT molecular complexity index is 769. The molecule has 1 N–H and O–H groups in total. The van der Waals surface area contributed by atoms with Crippen molar-refractivity contribution >= 4 is 17.2 Å². The minimum Gasteiger partial charge on any atom is -0.493 e. The van der Waals surface area contributed by atoms with Crippen molar-refractivity contribution in [3.05, 3.63) is 39.3 Å². The first-order valence-corrected chi connectivity index (χ1v) is 9.60. The van der Waals surface area contributed by atoms with Crippen LogP contribution in [0.2, 0.25) is 0 Å². The molecule has 1 aromatic carbocycles. The molecule has 0 radical (unpaired) electrons. The summed E-state index contributed by atoms with van der Waals surface area (Å²) in [6, 6.07) is 5.63. The quantitative estimate of drug-likeness (QED) is 0.806. The summed E-state index contributed by atoms with van der Waals surface area (Å²) in [6.45, 7) is 5.42. The number of methoxy groups -OCH3 is 2. The fourth-order valence-corrected chi connectivity index (χ4v) is 4.14. The van der Waals surface area contributed by atoms with Gasteiger partial charge in [0.05, 0.1) is 26.5 Å². The van der Waals surface area contributed by atoms with Crippen LogP contribution in [-0.2, 0) is 13.1 Å². The Labute approximate surface area is 158 Å². The number of rotatable bonds is 7. The highest BCUT2D eigenvalue weighted by molar-refractivity contribution is 7.13. The smallest absolute Gasteiger partial charge is 0.263 e. The van der Waals surface area contributed by atoms with E-state index in [1.807, 2.05) is 25.1 Å². The maximum Gasteiger partial charge on any atom is 0.263 e. The SMILES string of the molecule is COc1ccc(CNC(=O)c2sc(CN3CCCC3)nc2C)cc1OC. The lowest BCUT2D eigenvalue weighted by atomic mass is 10.2. The molecule has 3 rings (SSSR count). The minimum absolute atomic E-state index is 0.0811. The first-order chi connectivity index (χ1) is 12.6. The van der Waals surface area contributed by atoms with Crippen molar-refractivity contribution in [1.82, 2.24) is 15.2 Å². The van der Waals surface area contributed by atoms with Crippen molar-refractivity contribution in [2.45, 2.75) is 32.9 Å². The molecule has 140 valence electrons. The Morgan fingerprint density at radius 2 is 1.96 bits per heavy atom. The first kappa shape index (κ1) is 18.7. The lowest BCUT2D eigenvalue weighted by Crippen LogP contribution is -2.22. The Morgan fingerprint density at radius 3 is 2.65 bits per heavy atom. The van der Waals surface area contributed by atoms with Crippen LogP contribution in [0, 0.1) is 6.92 Å². The van der Waals surface area contributed by atoms with Crippen molar-refractivity contribution in [2.75, 3.05) is 27.3 Å². The highest BCUT2D eigenvalue weighted by atomic mass is 32.1. The molecule has 0 bridgehead atoms. The molecule has 1 fully saturated rings. The summed E-state index contributed by atoms with van der Waals surface area (Å²) in [4.78, 5) is 20.2. The lowest BCUT2D eigenvalue weighted by Gasteiger charge is -2.11. The third-order valence-corrected chi connectivity index (χ3v) is 5.65. The van der Waals surface area contributed by atoms with Crippen LogP contribution in [0.15, 0.2) is 18.2 Å². The van der Waals surface area contributed by atoms with E-state index in [9.17, 15) is 4.79 Å². The number of ether oxygens (including phenoxy) is 2. The molecule has 7 heteroatoms. The van der Waals surface area contributed by atoms with Gasteiger partial charge >= 0.3 is 0 Å². The number of likely N-dealkylation sites (tertiary alicyclic amines) is 1. The van der Waals surface area contributed by atoms with Gasteiger partial charge in [0.1, 0.15) is 9.88 Å². The zero-order valence-electron chi connectivity index (χ0n) is 15.5. The zero-order chi connectivity index (χ0) is 18.5. The van der Waals surface area contributed by atoms with E-state index in [2.05, 4.69) is 15.2 Å². The number of aromatic nitrogens is 1. The maximum absolute atomic E-state index is 12.6. The van der Waals surface area contributed by atoms with Crippen LogP contribution in [0.25, 0.3) is 0 Å². The predicted octanol–water partition coefficient (Wildman–Crippen LogP) is 2.99. The van der Waals surface area contributed by atoms with Crippen LogP contribution < -0.4 is 14.8 Å². The number of carbonyl (C=O) groups excluding carboxylic acids is 1. The second-order valence-corrected chi connectivity index (χ2v) is 7.46. The number of nitrogens with zero attached hydrogens (tertiary/aromatic N) is 2.